The molecule has 48 heavy (non-hydrogen) atoms. The van der Waals surface area contributed by atoms with Crippen molar-refractivity contribution in [3.05, 3.63) is 58.8 Å². The third-order valence-electron chi connectivity index (χ3n) is 11.4. The summed E-state index contributed by atoms with van der Waals surface area (Å²) in [4.78, 5) is 62.3. The average Bonchev–Trinajstić information content (AvgIpc) is 3.31. The number of amides is 1. The van der Waals surface area contributed by atoms with Crippen molar-refractivity contribution in [3.8, 4) is 0 Å². The van der Waals surface area contributed by atoms with Crippen molar-refractivity contribution in [2.75, 3.05) is 6.61 Å². The van der Waals surface area contributed by atoms with Gasteiger partial charge in [-0.1, -0.05) is 37.6 Å². The number of carbonyl (C=O) groups excluding carboxylic acids is 4. The molecule has 0 saturated heterocycles. The molecule has 1 aromatic carbocycles. The molecule has 10 atom stereocenters. The number of fused-ring (bicyclic) bond motifs is 5. The second-order valence-corrected chi connectivity index (χ2v) is 14.0. The Kier molecular flexibility index (Phi) is 9.81. The summed E-state index contributed by atoms with van der Waals surface area (Å²) in [7, 11) is 0. The lowest BCUT2D eigenvalue weighted by molar-refractivity contribution is -0.991. The van der Waals surface area contributed by atoms with Gasteiger partial charge in [0.25, 0.3) is 0 Å². The molecule has 5 rings (SSSR count). The summed E-state index contributed by atoms with van der Waals surface area (Å²) in [5.41, 5.74) is -2.60. The Bertz CT molecular complexity index is 1560. The zero-order valence-electron chi connectivity index (χ0n) is 26.8. The van der Waals surface area contributed by atoms with Gasteiger partial charge in [-0.05, 0) is 61.7 Å². The molecule has 3 fully saturated rings. The standard InChI is InChI=1S/C34H42N2O12/c1-32-12-10-21(37)15-19(32)6-7-22-23-11-13-34(45,33(23,2)16-24(38)28(22)32)25(39)17-48-27(41)9-8-26(40)35-29(31(43)44)30(42)18-4-3-5-20(14-18)36(46)47/h3-5,10,12,14-15,22-24,28-30,36,38,42,45-46H,6-9,11,13,16-17H2,1-2H3,(H,35,40)(H,43,44). The van der Waals surface area contributed by atoms with E-state index >= 15 is 0 Å². The molecule has 14 nitrogen and oxygen atoms in total. The topological polar surface area (TPSA) is 235 Å². The first-order chi connectivity index (χ1) is 22.5. The number of ether oxygens (including phenoxy) is 1. The number of rotatable bonds is 11. The van der Waals surface area contributed by atoms with Gasteiger partial charge >= 0.3 is 11.9 Å². The summed E-state index contributed by atoms with van der Waals surface area (Å²) in [6, 6.07) is 3.11. The van der Waals surface area contributed by atoms with Crippen molar-refractivity contribution in [2.24, 2.45) is 28.6 Å². The summed E-state index contributed by atoms with van der Waals surface area (Å²) in [6.45, 7) is 3.07. The van der Waals surface area contributed by atoms with Gasteiger partial charge in [-0.25, -0.2) is 10.0 Å². The van der Waals surface area contributed by atoms with Crippen LogP contribution in [0.2, 0.25) is 0 Å². The van der Waals surface area contributed by atoms with Crippen molar-refractivity contribution < 1.29 is 59.6 Å². The number of aliphatic hydroxyl groups is 3. The maximum absolute atomic E-state index is 13.5. The lowest BCUT2D eigenvalue weighted by atomic mass is 9.46. The van der Waals surface area contributed by atoms with Gasteiger partial charge in [0.15, 0.2) is 24.1 Å². The van der Waals surface area contributed by atoms with Crippen LogP contribution in [0.4, 0.5) is 5.69 Å². The number of carbonyl (C=O) groups is 5. The smallest absolute Gasteiger partial charge is 0.329 e. The number of carboxylic acid groups (broad SMARTS) is 1. The van der Waals surface area contributed by atoms with Gasteiger partial charge in [-0.15, -0.1) is 0 Å². The number of aliphatic carboxylic acids is 1. The van der Waals surface area contributed by atoms with Crippen LogP contribution in [0.3, 0.4) is 0 Å². The van der Waals surface area contributed by atoms with Gasteiger partial charge in [0, 0.05) is 35.3 Å². The highest BCUT2D eigenvalue weighted by atomic mass is 16.8. The molecule has 260 valence electrons. The molecule has 7 N–H and O–H groups in total. The molecule has 0 aromatic heterocycles. The normalized spacial score (nSPS) is 34.1. The monoisotopic (exact) mass is 670 g/mol. The Morgan fingerprint density at radius 3 is 2.58 bits per heavy atom. The molecule has 10 unspecified atom stereocenters. The summed E-state index contributed by atoms with van der Waals surface area (Å²) in [6.07, 6.45) is 3.57. The fourth-order valence-corrected chi connectivity index (χ4v) is 8.91. The fourth-order valence-electron chi connectivity index (χ4n) is 8.91. The molecule has 0 aliphatic heterocycles. The maximum atomic E-state index is 13.5. The number of quaternary nitrogens is 1. The van der Waals surface area contributed by atoms with E-state index in [1.807, 2.05) is 13.0 Å². The minimum absolute atomic E-state index is 0.00380. The molecule has 14 heteroatoms. The van der Waals surface area contributed by atoms with E-state index in [4.69, 9.17) is 9.94 Å². The molecule has 0 radical (unpaired) electrons. The van der Waals surface area contributed by atoms with Crippen LogP contribution in [0, 0.1) is 33.8 Å². The van der Waals surface area contributed by atoms with E-state index in [1.165, 1.54) is 24.3 Å². The van der Waals surface area contributed by atoms with Crippen LogP contribution in [0.1, 0.15) is 70.5 Å². The summed E-state index contributed by atoms with van der Waals surface area (Å²) < 4.78 is 5.13. The number of nitrogens with one attached hydrogen (secondary N) is 2. The first-order valence-corrected chi connectivity index (χ1v) is 16.1. The molecule has 3 saturated carbocycles. The third-order valence-corrected chi connectivity index (χ3v) is 11.4. The highest BCUT2D eigenvalue weighted by molar-refractivity contribution is 6.01. The quantitative estimate of drug-likeness (QED) is 0.127. The zero-order chi connectivity index (χ0) is 35.2. The van der Waals surface area contributed by atoms with Gasteiger partial charge < -0.3 is 35.7 Å². The number of carboxylic acids is 1. The summed E-state index contributed by atoms with van der Waals surface area (Å²) in [5, 5.41) is 64.7. The van der Waals surface area contributed by atoms with Crippen LogP contribution in [0.25, 0.3) is 0 Å². The largest absolute Gasteiger partial charge is 0.595 e. The van der Waals surface area contributed by atoms with E-state index in [2.05, 4.69) is 5.32 Å². The summed E-state index contributed by atoms with van der Waals surface area (Å²) >= 11 is 0. The number of allylic oxidation sites excluding steroid dienone is 4. The van der Waals surface area contributed by atoms with Crippen molar-refractivity contribution in [1.29, 1.82) is 0 Å². The van der Waals surface area contributed by atoms with E-state index in [0.717, 1.165) is 11.6 Å². The highest BCUT2D eigenvalue weighted by Gasteiger charge is 2.68. The molecule has 1 aromatic rings. The van der Waals surface area contributed by atoms with E-state index in [-0.39, 0.29) is 47.6 Å². The Hall–Kier alpha value is -3.79. The molecule has 1 amide bonds. The molecular formula is C34H42N2O12. The second kappa shape index (κ2) is 13.3. The van der Waals surface area contributed by atoms with E-state index < -0.39 is 83.0 Å². The van der Waals surface area contributed by atoms with E-state index in [1.54, 1.807) is 13.0 Å². The predicted molar refractivity (Wildman–Crippen MR) is 165 cm³/mol. The first-order valence-electron chi connectivity index (χ1n) is 16.1. The van der Waals surface area contributed by atoms with Crippen LogP contribution in [0.5, 0.6) is 0 Å². The Balaban J connectivity index is 1.16. The van der Waals surface area contributed by atoms with Gasteiger partial charge in [0.05, 0.1) is 12.5 Å². The minimum atomic E-state index is -1.86. The minimum Gasteiger partial charge on any atom is -0.595 e. The van der Waals surface area contributed by atoms with Crippen LogP contribution in [0.15, 0.2) is 48.1 Å². The van der Waals surface area contributed by atoms with E-state index in [9.17, 15) is 49.6 Å². The average molecular weight is 671 g/mol. The molecule has 4 aliphatic carbocycles. The van der Waals surface area contributed by atoms with Crippen molar-refractivity contribution >= 4 is 35.1 Å². The van der Waals surface area contributed by atoms with Crippen LogP contribution < -0.4 is 10.5 Å². The molecule has 0 heterocycles. The number of aliphatic hydroxyl groups excluding tert-OH is 2. The summed E-state index contributed by atoms with van der Waals surface area (Å²) in [5.74, 6) is -4.50. The van der Waals surface area contributed by atoms with Crippen molar-refractivity contribution in [2.45, 2.75) is 82.6 Å². The number of esters is 1. The molecular weight excluding hydrogens is 628 g/mol. The second-order valence-electron chi connectivity index (χ2n) is 14.0. The number of ketones is 2. The number of Topliss-reactive ketones (excluding diaryl/α,β-unsaturated/α-hetero) is 1. The number of benzene rings is 1. The van der Waals surface area contributed by atoms with Gasteiger partial charge in [0.1, 0.15) is 11.7 Å². The highest BCUT2D eigenvalue weighted by Crippen LogP contribution is 2.67. The fraction of sp³-hybridized carbons (Fsp3) is 0.559. The Labute approximate surface area is 276 Å². The third kappa shape index (κ3) is 6.24. The van der Waals surface area contributed by atoms with Crippen LogP contribution in [-0.2, 0) is 28.7 Å². The van der Waals surface area contributed by atoms with Crippen molar-refractivity contribution in [1.82, 2.24) is 5.32 Å². The molecule has 0 spiro atoms. The zero-order valence-corrected chi connectivity index (χ0v) is 26.8. The van der Waals surface area contributed by atoms with Gasteiger partial charge in [-0.3, -0.25) is 19.2 Å². The van der Waals surface area contributed by atoms with Gasteiger partial charge in [-0.2, -0.15) is 5.23 Å². The lowest BCUT2D eigenvalue weighted by Crippen LogP contribution is -2.99. The lowest BCUT2D eigenvalue weighted by Gasteiger charge is -2.59. The SMILES string of the molecule is CC12C=CC(=O)C=C1CCC1C2C(O)CC2(C)C1CCC2(O)C(=O)COC(=O)CCC(=O)NC(C(=O)O)C(O)c1cccc([NH+]([O-])O)c1. The molecule has 0 bridgehead atoms. The number of hydrogen-bond acceptors (Lipinski definition) is 11. The van der Waals surface area contributed by atoms with E-state index in [0.29, 0.717) is 19.3 Å². The maximum Gasteiger partial charge on any atom is 0.329 e. The predicted octanol–water partition coefficient (Wildman–Crippen LogP) is 0.595. The van der Waals surface area contributed by atoms with Crippen molar-refractivity contribution in [3.63, 3.8) is 0 Å². The van der Waals surface area contributed by atoms with Crippen LogP contribution >= 0.6 is 0 Å². The first kappa shape index (κ1) is 35.5. The Morgan fingerprint density at radius 2 is 1.90 bits per heavy atom. The Morgan fingerprint density at radius 1 is 1.17 bits per heavy atom. The number of hydrogen-bond donors (Lipinski definition) is 7. The molecule has 4 aliphatic rings. The van der Waals surface area contributed by atoms with Gasteiger partial charge in [0.2, 0.25) is 11.7 Å². The van der Waals surface area contributed by atoms with Crippen LogP contribution in [-0.4, -0.2) is 79.4 Å².